The van der Waals surface area contributed by atoms with Gasteiger partial charge in [-0.2, -0.15) is 5.10 Å². The Morgan fingerprint density at radius 3 is 3.12 bits per heavy atom. The van der Waals surface area contributed by atoms with E-state index >= 15 is 0 Å². The molecule has 1 atom stereocenters. The third-order valence-electron chi connectivity index (χ3n) is 2.55. The van der Waals surface area contributed by atoms with E-state index in [-0.39, 0.29) is 0 Å². The lowest BCUT2D eigenvalue weighted by Crippen LogP contribution is -2.11. The van der Waals surface area contributed by atoms with Crippen molar-refractivity contribution in [3.8, 4) is 10.7 Å². The highest BCUT2D eigenvalue weighted by Crippen LogP contribution is 2.20. The van der Waals surface area contributed by atoms with Crippen LogP contribution in [0.15, 0.2) is 17.5 Å². The van der Waals surface area contributed by atoms with Crippen LogP contribution in [-0.4, -0.2) is 21.7 Å². The van der Waals surface area contributed by atoms with Gasteiger partial charge >= 0.3 is 0 Å². The third-order valence-corrected chi connectivity index (χ3v) is 3.42. The van der Waals surface area contributed by atoms with Crippen molar-refractivity contribution in [1.29, 1.82) is 0 Å². The monoisotopic (exact) mass is 236 g/mol. The van der Waals surface area contributed by atoms with Gasteiger partial charge in [0.1, 0.15) is 5.82 Å². The van der Waals surface area contributed by atoms with Crippen LogP contribution in [0.2, 0.25) is 0 Å². The zero-order chi connectivity index (χ0) is 11.4. The first-order valence-corrected chi connectivity index (χ1v) is 6.32. The van der Waals surface area contributed by atoms with Crippen LogP contribution in [0.25, 0.3) is 10.7 Å². The average Bonchev–Trinajstić information content (AvgIpc) is 2.95. The number of nitrogens with one attached hydrogen (secondary N) is 1. The molecule has 2 rings (SSSR count). The number of thiophene rings is 1. The molecule has 86 valence electrons. The molecule has 0 bridgehead atoms. The van der Waals surface area contributed by atoms with E-state index in [1.807, 2.05) is 17.5 Å². The molecule has 0 aromatic carbocycles. The third kappa shape index (κ3) is 2.68. The summed E-state index contributed by atoms with van der Waals surface area (Å²) in [4.78, 5) is 5.57. The number of hydrogen-bond donors (Lipinski definition) is 2. The first-order valence-electron chi connectivity index (χ1n) is 5.45. The van der Waals surface area contributed by atoms with Gasteiger partial charge in [-0.05, 0) is 30.3 Å². The molecule has 0 amide bonds. The lowest BCUT2D eigenvalue weighted by molar-refractivity contribution is 0.536. The molecule has 2 aromatic rings. The Balaban J connectivity index is 1.98. The molecule has 4 nitrogen and oxygen atoms in total. The molecule has 2 aromatic heterocycles. The first kappa shape index (κ1) is 11.3. The second-order valence-corrected chi connectivity index (χ2v) is 4.91. The van der Waals surface area contributed by atoms with Gasteiger partial charge in [-0.3, -0.25) is 5.10 Å². The predicted molar refractivity (Wildman–Crippen MR) is 66.2 cm³/mol. The van der Waals surface area contributed by atoms with Gasteiger partial charge in [0.25, 0.3) is 0 Å². The average molecular weight is 236 g/mol. The van der Waals surface area contributed by atoms with Gasteiger partial charge in [0, 0.05) is 6.42 Å². The number of rotatable bonds is 5. The standard InChI is InChI=1S/C11H16N4S/c1-8(7-12)4-5-10-13-11(15-14-10)9-3-2-6-16-9/h2-3,6,8H,4-5,7,12H2,1H3,(H,13,14,15). The minimum atomic E-state index is 0.537. The maximum absolute atomic E-state index is 5.57. The van der Waals surface area contributed by atoms with Crippen molar-refractivity contribution in [3.63, 3.8) is 0 Å². The lowest BCUT2D eigenvalue weighted by atomic mass is 10.1. The van der Waals surface area contributed by atoms with Gasteiger partial charge in [-0.15, -0.1) is 11.3 Å². The number of hydrogen-bond acceptors (Lipinski definition) is 4. The Bertz CT molecular complexity index is 421. The van der Waals surface area contributed by atoms with Gasteiger partial charge in [0.05, 0.1) is 4.88 Å². The van der Waals surface area contributed by atoms with Gasteiger partial charge < -0.3 is 5.73 Å². The Morgan fingerprint density at radius 2 is 2.44 bits per heavy atom. The summed E-state index contributed by atoms with van der Waals surface area (Å²) in [7, 11) is 0. The van der Waals surface area contributed by atoms with Crippen molar-refractivity contribution in [2.45, 2.75) is 19.8 Å². The van der Waals surface area contributed by atoms with E-state index in [0.29, 0.717) is 5.92 Å². The van der Waals surface area contributed by atoms with Crippen LogP contribution < -0.4 is 5.73 Å². The summed E-state index contributed by atoms with van der Waals surface area (Å²) >= 11 is 1.65. The summed E-state index contributed by atoms with van der Waals surface area (Å²) in [5, 5.41) is 9.21. The summed E-state index contributed by atoms with van der Waals surface area (Å²) in [6.45, 7) is 2.88. The summed E-state index contributed by atoms with van der Waals surface area (Å²) < 4.78 is 0. The van der Waals surface area contributed by atoms with Crippen LogP contribution in [-0.2, 0) is 6.42 Å². The van der Waals surface area contributed by atoms with Crippen molar-refractivity contribution in [1.82, 2.24) is 15.2 Å². The summed E-state index contributed by atoms with van der Waals surface area (Å²) in [6, 6.07) is 4.03. The van der Waals surface area contributed by atoms with E-state index in [1.165, 1.54) is 0 Å². The van der Waals surface area contributed by atoms with Crippen LogP contribution in [0.5, 0.6) is 0 Å². The van der Waals surface area contributed by atoms with Crippen LogP contribution in [0.4, 0.5) is 0 Å². The van der Waals surface area contributed by atoms with Crippen molar-refractivity contribution < 1.29 is 0 Å². The minimum absolute atomic E-state index is 0.537. The minimum Gasteiger partial charge on any atom is -0.330 e. The van der Waals surface area contributed by atoms with Gasteiger partial charge in [-0.1, -0.05) is 13.0 Å². The van der Waals surface area contributed by atoms with E-state index in [0.717, 1.165) is 35.9 Å². The quantitative estimate of drug-likeness (QED) is 0.835. The van der Waals surface area contributed by atoms with Crippen LogP contribution in [0, 0.1) is 5.92 Å². The molecule has 2 heterocycles. The molecule has 0 saturated heterocycles. The van der Waals surface area contributed by atoms with Gasteiger partial charge in [0.15, 0.2) is 5.82 Å². The molecule has 0 radical (unpaired) electrons. The van der Waals surface area contributed by atoms with E-state index in [9.17, 15) is 0 Å². The Hall–Kier alpha value is -1.20. The summed E-state index contributed by atoms with van der Waals surface area (Å²) in [6.07, 6.45) is 1.96. The topological polar surface area (TPSA) is 67.6 Å². The fourth-order valence-corrected chi connectivity index (χ4v) is 2.08. The van der Waals surface area contributed by atoms with Crippen molar-refractivity contribution in [2.24, 2.45) is 11.7 Å². The van der Waals surface area contributed by atoms with E-state index < -0.39 is 0 Å². The van der Waals surface area contributed by atoms with Gasteiger partial charge in [0.2, 0.25) is 0 Å². The van der Waals surface area contributed by atoms with Crippen molar-refractivity contribution in [3.05, 3.63) is 23.3 Å². The first-order chi connectivity index (χ1) is 7.79. The smallest absolute Gasteiger partial charge is 0.191 e. The number of aromatic nitrogens is 3. The summed E-state index contributed by atoms with van der Waals surface area (Å²) in [5.41, 5.74) is 5.57. The number of aryl methyl sites for hydroxylation is 1. The number of aromatic amines is 1. The molecule has 3 N–H and O–H groups in total. The lowest BCUT2D eigenvalue weighted by Gasteiger charge is -2.04. The highest BCUT2D eigenvalue weighted by Gasteiger charge is 2.07. The zero-order valence-electron chi connectivity index (χ0n) is 9.31. The molecule has 5 heteroatoms. The Labute approximate surface area is 98.9 Å². The molecule has 0 aliphatic carbocycles. The second kappa shape index (κ2) is 5.23. The molecular weight excluding hydrogens is 220 g/mol. The molecule has 16 heavy (non-hydrogen) atoms. The maximum Gasteiger partial charge on any atom is 0.191 e. The fourth-order valence-electron chi connectivity index (χ4n) is 1.42. The molecule has 0 aliphatic heterocycles. The molecule has 1 unspecified atom stereocenters. The highest BCUT2D eigenvalue weighted by atomic mass is 32.1. The number of H-pyrrole nitrogens is 1. The van der Waals surface area contributed by atoms with E-state index in [4.69, 9.17) is 5.73 Å². The van der Waals surface area contributed by atoms with Gasteiger partial charge in [-0.25, -0.2) is 4.98 Å². The van der Waals surface area contributed by atoms with E-state index in [2.05, 4.69) is 22.1 Å². The zero-order valence-corrected chi connectivity index (χ0v) is 10.1. The maximum atomic E-state index is 5.57. The van der Waals surface area contributed by atoms with Crippen molar-refractivity contribution >= 4 is 11.3 Å². The van der Waals surface area contributed by atoms with Crippen LogP contribution in [0.1, 0.15) is 19.2 Å². The van der Waals surface area contributed by atoms with Crippen LogP contribution >= 0.6 is 11.3 Å². The molecule has 0 aliphatic rings. The molecule has 0 spiro atoms. The summed E-state index contributed by atoms with van der Waals surface area (Å²) in [5.74, 6) is 2.28. The Kier molecular flexibility index (Phi) is 3.69. The SMILES string of the molecule is CC(CN)CCc1nc(-c2cccs2)n[nH]1. The van der Waals surface area contributed by atoms with E-state index in [1.54, 1.807) is 11.3 Å². The second-order valence-electron chi connectivity index (χ2n) is 3.96. The number of nitrogens with zero attached hydrogens (tertiary/aromatic N) is 2. The van der Waals surface area contributed by atoms with Crippen molar-refractivity contribution in [2.75, 3.05) is 6.54 Å². The molecule has 0 fully saturated rings. The number of nitrogens with two attached hydrogens (primary N) is 1. The predicted octanol–water partition coefficient (Wildman–Crippen LogP) is 2.06. The molecular formula is C11H16N4S. The largest absolute Gasteiger partial charge is 0.330 e. The van der Waals surface area contributed by atoms with Crippen LogP contribution in [0.3, 0.4) is 0 Å². The highest BCUT2D eigenvalue weighted by molar-refractivity contribution is 7.13. The molecule has 0 saturated carbocycles. The normalized spacial score (nSPS) is 12.9. The fraction of sp³-hybridized carbons (Fsp3) is 0.455. The Morgan fingerprint density at radius 1 is 1.56 bits per heavy atom.